The molecule has 0 unspecified atom stereocenters. The van der Waals surface area contributed by atoms with Gasteiger partial charge in [-0.2, -0.15) is 0 Å². The number of rotatable bonds is 5. The fraction of sp³-hybridized carbons (Fsp3) is 0.294. The summed E-state index contributed by atoms with van der Waals surface area (Å²) in [6.07, 6.45) is 2.19. The highest BCUT2D eigenvalue weighted by molar-refractivity contribution is 5.93. The van der Waals surface area contributed by atoms with E-state index in [1.165, 1.54) is 18.5 Å². The number of hydrogen-bond donors (Lipinski definition) is 2. The van der Waals surface area contributed by atoms with E-state index in [0.29, 0.717) is 18.8 Å². The van der Waals surface area contributed by atoms with Gasteiger partial charge >= 0.3 is 0 Å². The van der Waals surface area contributed by atoms with Crippen molar-refractivity contribution in [3.8, 4) is 0 Å². The number of nitrogens with zero attached hydrogens (tertiary/aromatic N) is 3. The number of fused-ring (bicyclic) bond motifs is 1. The van der Waals surface area contributed by atoms with E-state index in [0.717, 1.165) is 28.0 Å². The number of benzene rings is 1. The van der Waals surface area contributed by atoms with Crippen LogP contribution in [0.5, 0.6) is 0 Å². The zero-order chi connectivity index (χ0) is 16.4. The van der Waals surface area contributed by atoms with Crippen molar-refractivity contribution in [2.45, 2.75) is 26.8 Å². The average Bonchev–Trinajstić information content (AvgIpc) is 2.80. The average molecular weight is 314 g/mol. The molecule has 2 aromatic heterocycles. The van der Waals surface area contributed by atoms with Crippen LogP contribution in [0.3, 0.4) is 0 Å². The van der Waals surface area contributed by atoms with Crippen LogP contribution >= 0.6 is 0 Å². The highest BCUT2D eigenvalue weighted by atomic mass is 19.1. The van der Waals surface area contributed by atoms with Crippen molar-refractivity contribution in [1.82, 2.24) is 14.5 Å². The lowest BCUT2D eigenvalue weighted by molar-refractivity contribution is 0.280. The second-order valence-corrected chi connectivity index (χ2v) is 5.49. The third-order valence-corrected chi connectivity index (χ3v) is 4.05. The van der Waals surface area contributed by atoms with Gasteiger partial charge in [0, 0.05) is 24.5 Å². The number of aliphatic hydroxyl groups is 1. The van der Waals surface area contributed by atoms with Gasteiger partial charge in [0.1, 0.15) is 23.6 Å². The summed E-state index contributed by atoms with van der Waals surface area (Å²) in [5, 5.41) is 13.3. The number of nitrogens with one attached hydrogen (secondary N) is 1. The highest BCUT2D eigenvalue weighted by Gasteiger charge is 2.16. The Morgan fingerprint density at radius 2 is 1.91 bits per heavy atom. The molecule has 1 aromatic carbocycles. The first-order valence-corrected chi connectivity index (χ1v) is 7.55. The minimum absolute atomic E-state index is 0.143. The second-order valence-electron chi connectivity index (χ2n) is 5.49. The molecular weight excluding hydrogens is 295 g/mol. The molecule has 0 radical (unpaired) electrons. The molecule has 0 atom stereocenters. The van der Waals surface area contributed by atoms with Gasteiger partial charge in [0.05, 0.1) is 5.39 Å². The molecular formula is C17H19FN4O. The van der Waals surface area contributed by atoms with Crippen molar-refractivity contribution in [1.29, 1.82) is 0 Å². The Kier molecular flexibility index (Phi) is 4.25. The van der Waals surface area contributed by atoms with Crippen LogP contribution in [0.1, 0.15) is 17.7 Å². The van der Waals surface area contributed by atoms with Gasteiger partial charge in [-0.3, -0.25) is 0 Å². The van der Waals surface area contributed by atoms with Gasteiger partial charge in [-0.15, -0.1) is 0 Å². The van der Waals surface area contributed by atoms with Crippen molar-refractivity contribution in [2.24, 2.45) is 0 Å². The van der Waals surface area contributed by atoms with Gasteiger partial charge in [0.2, 0.25) is 0 Å². The van der Waals surface area contributed by atoms with E-state index in [2.05, 4.69) is 19.9 Å². The number of aromatic nitrogens is 3. The highest BCUT2D eigenvalue weighted by Crippen LogP contribution is 2.30. The Bertz CT molecular complexity index is 827. The predicted molar refractivity (Wildman–Crippen MR) is 88.4 cm³/mol. The normalized spacial score (nSPS) is 11.1. The van der Waals surface area contributed by atoms with Crippen molar-refractivity contribution < 1.29 is 9.50 Å². The molecule has 0 fully saturated rings. The zero-order valence-electron chi connectivity index (χ0n) is 13.2. The standard InChI is InChI=1S/C17H19FN4O/c1-11-12(2)22(8-3-9-23)17-15(11)16(19-10-20-17)21-14-6-4-13(18)5-7-14/h4-7,10,23H,3,8-9H2,1-2H3,(H,19,20,21). The molecule has 0 aliphatic carbocycles. The monoisotopic (exact) mass is 314 g/mol. The van der Waals surface area contributed by atoms with E-state index < -0.39 is 0 Å². The van der Waals surface area contributed by atoms with Crippen LogP contribution in [-0.4, -0.2) is 26.2 Å². The summed E-state index contributed by atoms with van der Waals surface area (Å²) < 4.78 is 15.1. The quantitative estimate of drug-likeness (QED) is 0.758. The molecule has 3 rings (SSSR count). The van der Waals surface area contributed by atoms with Crippen LogP contribution in [0, 0.1) is 19.7 Å². The third-order valence-electron chi connectivity index (χ3n) is 4.05. The van der Waals surface area contributed by atoms with Gasteiger partial charge in [0.25, 0.3) is 0 Å². The fourth-order valence-electron chi connectivity index (χ4n) is 2.74. The Labute approximate surface area is 133 Å². The Hall–Kier alpha value is -2.47. The molecule has 0 amide bonds. The van der Waals surface area contributed by atoms with Crippen molar-refractivity contribution in [2.75, 3.05) is 11.9 Å². The minimum atomic E-state index is -0.273. The van der Waals surface area contributed by atoms with Crippen molar-refractivity contribution in [3.63, 3.8) is 0 Å². The third kappa shape index (κ3) is 2.90. The van der Waals surface area contributed by atoms with E-state index in [1.54, 1.807) is 12.1 Å². The zero-order valence-corrected chi connectivity index (χ0v) is 13.2. The number of aryl methyl sites for hydroxylation is 2. The molecule has 120 valence electrons. The van der Waals surface area contributed by atoms with Crippen molar-refractivity contribution >= 4 is 22.5 Å². The molecule has 2 heterocycles. The smallest absolute Gasteiger partial charge is 0.145 e. The minimum Gasteiger partial charge on any atom is -0.396 e. The molecule has 0 saturated carbocycles. The molecule has 2 N–H and O–H groups in total. The molecule has 0 bridgehead atoms. The lowest BCUT2D eigenvalue weighted by Gasteiger charge is -2.08. The number of hydrogen-bond acceptors (Lipinski definition) is 4. The van der Waals surface area contributed by atoms with Crippen molar-refractivity contribution in [3.05, 3.63) is 47.7 Å². The lowest BCUT2D eigenvalue weighted by Crippen LogP contribution is -2.03. The summed E-state index contributed by atoms with van der Waals surface area (Å²) in [6, 6.07) is 6.17. The van der Waals surface area contributed by atoms with Gasteiger partial charge in [-0.1, -0.05) is 0 Å². The SMILES string of the molecule is Cc1c(C)n(CCCO)c2ncnc(Nc3ccc(F)cc3)c12. The van der Waals surface area contributed by atoms with E-state index >= 15 is 0 Å². The number of anilines is 2. The molecule has 0 aliphatic heterocycles. The Morgan fingerprint density at radius 1 is 1.17 bits per heavy atom. The maximum atomic E-state index is 13.0. The van der Waals surface area contributed by atoms with E-state index in [4.69, 9.17) is 5.11 Å². The topological polar surface area (TPSA) is 63.0 Å². The van der Waals surface area contributed by atoms with Gasteiger partial charge in [-0.05, 0) is 50.1 Å². The summed E-state index contributed by atoms with van der Waals surface area (Å²) >= 11 is 0. The van der Waals surface area contributed by atoms with Crippen LogP contribution in [0.2, 0.25) is 0 Å². The van der Waals surface area contributed by atoms with Crippen LogP contribution < -0.4 is 5.32 Å². The maximum Gasteiger partial charge on any atom is 0.145 e. The molecule has 3 aromatic rings. The summed E-state index contributed by atoms with van der Waals surface area (Å²) in [4.78, 5) is 8.74. The van der Waals surface area contributed by atoms with E-state index in [1.807, 2.05) is 13.8 Å². The molecule has 6 heteroatoms. The first-order chi connectivity index (χ1) is 11.1. The lowest BCUT2D eigenvalue weighted by atomic mass is 10.2. The Balaban J connectivity index is 2.06. The van der Waals surface area contributed by atoms with E-state index in [9.17, 15) is 4.39 Å². The summed E-state index contributed by atoms with van der Waals surface area (Å²) in [6.45, 7) is 4.92. The van der Waals surface area contributed by atoms with Crippen LogP contribution in [0.25, 0.3) is 11.0 Å². The largest absolute Gasteiger partial charge is 0.396 e. The number of halogens is 1. The Morgan fingerprint density at radius 3 is 2.61 bits per heavy atom. The molecule has 5 nitrogen and oxygen atoms in total. The van der Waals surface area contributed by atoms with Crippen LogP contribution in [-0.2, 0) is 6.54 Å². The summed E-state index contributed by atoms with van der Waals surface area (Å²) in [5.74, 6) is 0.426. The van der Waals surface area contributed by atoms with Gasteiger partial charge in [0.15, 0.2) is 0 Å². The van der Waals surface area contributed by atoms with Gasteiger partial charge < -0.3 is 15.0 Å². The molecule has 23 heavy (non-hydrogen) atoms. The van der Waals surface area contributed by atoms with Crippen LogP contribution in [0.4, 0.5) is 15.9 Å². The van der Waals surface area contributed by atoms with Crippen LogP contribution in [0.15, 0.2) is 30.6 Å². The first-order valence-electron chi connectivity index (χ1n) is 7.55. The fourth-order valence-corrected chi connectivity index (χ4v) is 2.74. The summed E-state index contributed by atoms with van der Waals surface area (Å²) in [7, 11) is 0. The number of aliphatic hydroxyl groups excluding tert-OH is 1. The molecule has 0 saturated heterocycles. The van der Waals surface area contributed by atoms with E-state index in [-0.39, 0.29) is 12.4 Å². The van der Waals surface area contributed by atoms with Gasteiger partial charge in [-0.25, -0.2) is 14.4 Å². The summed E-state index contributed by atoms with van der Waals surface area (Å²) in [5.41, 5.74) is 3.82. The predicted octanol–water partition coefficient (Wildman–Crippen LogP) is 3.31. The second kappa shape index (κ2) is 6.34. The maximum absolute atomic E-state index is 13.0. The molecule has 0 spiro atoms. The molecule has 0 aliphatic rings. The first kappa shape index (κ1) is 15.4.